The molecule has 3 rings (SSSR count). The van der Waals surface area contributed by atoms with Gasteiger partial charge < -0.3 is 16.0 Å². The van der Waals surface area contributed by atoms with E-state index in [-0.39, 0.29) is 30.3 Å². The molecule has 27 heavy (non-hydrogen) atoms. The summed E-state index contributed by atoms with van der Waals surface area (Å²) < 4.78 is 13.0. The first-order chi connectivity index (χ1) is 12.5. The predicted molar refractivity (Wildman–Crippen MR) is 106 cm³/mol. The van der Waals surface area contributed by atoms with Gasteiger partial charge in [-0.25, -0.2) is 4.39 Å². The topological polar surface area (TPSA) is 75.4 Å². The highest BCUT2D eigenvalue weighted by Crippen LogP contribution is 2.25. The zero-order valence-corrected chi connectivity index (χ0v) is 15.8. The van der Waals surface area contributed by atoms with Gasteiger partial charge in [0.05, 0.1) is 0 Å². The number of halogens is 2. The van der Waals surface area contributed by atoms with Gasteiger partial charge in [0, 0.05) is 29.4 Å². The third kappa shape index (κ3) is 4.84. The second kappa shape index (κ2) is 8.97. The molecule has 2 atom stereocenters. The summed E-state index contributed by atoms with van der Waals surface area (Å²) in [4.78, 5) is 26.9. The largest absolute Gasteiger partial charge is 0.336 e. The molecule has 2 aromatic carbocycles. The van der Waals surface area contributed by atoms with E-state index in [1.807, 2.05) is 11.8 Å². The number of anilines is 1. The fourth-order valence-electron chi connectivity index (χ4n) is 3.30. The minimum absolute atomic E-state index is 0. The molecule has 1 fully saturated rings. The van der Waals surface area contributed by atoms with Gasteiger partial charge in [-0.05, 0) is 68.3 Å². The standard InChI is InChI=1S/C20H22FN3O2.ClH/c1-13-9-14(11-22)12-24(13)20(26)16-3-2-4-18(10-16)23-19(25)15-5-7-17(21)8-6-15;/h2-8,10,13-14H,9,11-12,22H2,1H3,(H,23,25);1H. The van der Waals surface area contributed by atoms with Crippen LogP contribution in [0.4, 0.5) is 10.1 Å². The molecule has 1 aliphatic rings. The summed E-state index contributed by atoms with van der Waals surface area (Å²) in [5, 5.41) is 2.74. The Hall–Kier alpha value is -2.44. The van der Waals surface area contributed by atoms with Crippen molar-refractivity contribution in [2.24, 2.45) is 11.7 Å². The zero-order chi connectivity index (χ0) is 18.7. The number of benzene rings is 2. The first-order valence-corrected chi connectivity index (χ1v) is 8.66. The molecular formula is C20H23ClFN3O2. The molecule has 5 nitrogen and oxygen atoms in total. The number of likely N-dealkylation sites (tertiary alicyclic amines) is 1. The lowest BCUT2D eigenvalue weighted by atomic mass is 10.1. The third-order valence-corrected chi connectivity index (χ3v) is 4.73. The van der Waals surface area contributed by atoms with Crippen LogP contribution in [-0.4, -0.2) is 35.8 Å². The third-order valence-electron chi connectivity index (χ3n) is 4.73. The molecule has 1 heterocycles. The van der Waals surface area contributed by atoms with Crippen LogP contribution < -0.4 is 11.1 Å². The Morgan fingerprint density at radius 1 is 1.19 bits per heavy atom. The van der Waals surface area contributed by atoms with Gasteiger partial charge in [0.1, 0.15) is 5.82 Å². The molecule has 3 N–H and O–H groups in total. The molecule has 0 radical (unpaired) electrons. The molecule has 0 spiro atoms. The number of carbonyl (C=O) groups excluding carboxylic acids is 2. The van der Waals surface area contributed by atoms with Gasteiger partial charge in [0.2, 0.25) is 0 Å². The molecule has 2 aromatic rings. The number of nitrogens with two attached hydrogens (primary N) is 1. The Balaban J connectivity index is 0.00000261. The first kappa shape index (κ1) is 20.9. The van der Waals surface area contributed by atoms with Crippen LogP contribution in [0.5, 0.6) is 0 Å². The number of amides is 2. The number of nitrogens with one attached hydrogen (secondary N) is 1. The maximum atomic E-state index is 13.0. The smallest absolute Gasteiger partial charge is 0.255 e. The second-order valence-electron chi connectivity index (χ2n) is 6.69. The Morgan fingerprint density at radius 2 is 1.89 bits per heavy atom. The van der Waals surface area contributed by atoms with Gasteiger partial charge in [-0.15, -0.1) is 12.4 Å². The SMILES string of the molecule is CC1CC(CN)CN1C(=O)c1cccc(NC(=O)c2ccc(F)cc2)c1.Cl. The number of nitrogens with zero attached hydrogens (tertiary/aromatic N) is 1. The molecule has 1 saturated heterocycles. The Labute approximate surface area is 164 Å². The lowest BCUT2D eigenvalue weighted by molar-refractivity contribution is 0.0743. The normalized spacial score (nSPS) is 18.7. The summed E-state index contributed by atoms with van der Waals surface area (Å²) >= 11 is 0. The maximum absolute atomic E-state index is 13.0. The van der Waals surface area contributed by atoms with Crippen molar-refractivity contribution in [2.75, 3.05) is 18.4 Å². The number of hydrogen-bond donors (Lipinski definition) is 2. The van der Waals surface area contributed by atoms with Gasteiger partial charge in [0.15, 0.2) is 0 Å². The molecule has 0 aromatic heterocycles. The average Bonchev–Trinajstić information content (AvgIpc) is 3.02. The molecule has 2 amide bonds. The van der Waals surface area contributed by atoms with E-state index in [0.717, 1.165) is 6.42 Å². The highest BCUT2D eigenvalue weighted by Gasteiger charge is 2.32. The number of carbonyl (C=O) groups is 2. The predicted octanol–water partition coefficient (Wildman–Crippen LogP) is 3.31. The molecule has 2 unspecified atom stereocenters. The van der Waals surface area contributed by atoms with Crippen LogP contribution in [0.25, 0.3) is 0 Å². The first-order valence-electron chi connectivity index (χ1n) is 8.66. The summed E-state index contributed by atoms with van der Waals surface area (Å²) in [6.45, 7) is 3.25. The van der Waals surface area contributed by atoms with E-state index in [2.05, 4.69) is 5.32 Å². The van der Waals surface area contributed by atoms with Crippen LogP contribution >= 0.6 is 12.4 Å². The maximum Gasteiger partial charge on any atom is 0.255 e. The highest BCUT2D eigenvalue weighted by molar-refractivity contribution is 6.05. The Morgan fingerprint density at radius 3 is 2.52 bits per heavy atom. The molecule has 0 bridgehead atoms. The highest BCUT2D eigenvalue weighted by atomic mass is 35.5. The fraction of sp³-hybridized carbons (Fsp3) is 0.300. The fourth-order valence-corrected chi connectivity index (χ4v) is 3.30. The average molecular weight is 392 g/mol. The second-order valence-corrected chi connectivity index (χ2v) is 6.69. The molecule has 0 aliphatic carbocycles. The van der Waals surface area contributed by atoms with Gasteiger partial charge in [-0.3, -0.25) is 9.59 Å². The Kier molecular flexibility index (Phi) is 6.93. The van der Waals surface area contributed by atoms with Crippen molar-refractivity contribution in [3.8, 4) is 0 Å². The van der Waals surface area contributed by atoms with Gasteiger partial charge in [-0.2, -0.15) is 0 Å². The minimum atomic E-state index is -0.398. The molecule has 0 saturated carbocycles. The van der Waals surface area contributed by atoms with Gasteiger partial charge in [-0.1, -0.05) is 6.07 Å². The van der Waals surface area contributed by atoms with E-state index < -0.39 is 5.82 Å². The lowest BCUT2D eigenvalue weighted by Crippen LogP contribution is -2.34. The van der Waals surface area contributed by atoms with Crippen LogP contribution in [0.2, 0.25) is 0 Å². The van der Waals surface area contributed by atoms with Gasteiger partial charge in [0.25, 0.3) is 11.8 Å². The van der Waals surface area contributed by atoms with Crippen molar-refractivity contribution in [3.63, 3.8) is 0 Å². The summed E-state index contributed by atoms with van der Waals surface area (Å²) in [5.41, 5.74) is 7.12. The number of hydrogen-bond acceptors (Lipinski definition) is 3. The van der Waals surface area contributed by atoms with Crippen molar-refractivity contribution in [3.05, 3.63) is 65.5 Å². The van der Waals surface area contributed by atoms with Crippen LogP contribution in [0.15, 0.2) is 48.5 Å². The molecule has 144 valence electrons. The summed E-state index contributed by atoms with van der Waals surface area (Å²) in [7, 11) is 0. The van der Waals surface area contributed by atoms with E-state index in [1.54, 1.807) is 24.3 Å². The number of rotatable bonds is 4. The van der Waals surface area contributed by atoms with Crippen molar-refractivity contribution >= 4 is 29.9 Å². The van der Waals surface area contributed by atoms with Crippen molar-refractivity contribution in [2.45, 2.75) is 19.4 Å². The Bertz CT molecular complexity index is 813. The monoisotopic (exact) mass is 391 g/mol. The molecule has 1 aliphatic heterocycles. The molecular weight excluding hydrogens is 369 g/mol. The van der Waals surface area contributed by atoms with E-state index in [4.69, 9.17) is 5.73 Å². The molecule has 7 heteroatoms. The summed E-state index contributed by atoms with van der Waals surface area (Å²) in [6, 6.07) is 12.3. The van der Waals surface area contributed by atoms with Crippen LogP contribution in [0.3, 0.4) is 0 Å². The lowest BCUT2D eigenvalue weighted by Gasteiger charge is -2.22. The minimum Gasteiger partial charge on any atom is -0.336 e. The zero-order valence-electron chi connectivity index (χ0n) is 15.0. The summed E-state index contributed by atoms with van der Waals surface area (Å²) in [5.74, 6) is -0.487. The van der Waals surface area contributed by atoms with E-state index in [9.17, 15) is 14.0 Å². The van der Waals surface area contributed by atoms with Crippen molar-refractivity contribution < 1.29 is 14.0 Å². The van der Waals surface area contributed by atoms with E-state index in [0.29, 0.717) is 35.8 Å². The van der Waals surface area contributed by atoms with Crippen LogP contribution in [0, 0.1) is 11.7 Å². The summed E-state index contributed by atoms with van der Waals surface area (Å²) in [6.07, 6.45) is 0.906. The van der Waals surface area contributed by atoms with Crippen LogP contribution in [0.1, 0.15) is 34.1 Å². The van der Waals surface area contributed by atoms with Crippen molar-refractivity contribution in [1.29, 1.82) is 0 Å². The van der Waals surface area contributed by atoms with Gasteiger partial charge >= 0.3 is 0 Å². The van der Waals surface area contributed by atoms with E-state index in [1.165, 1.54) is 24.3 Å². The quantitative estimate of drug-likeness (QED) is 0.839. The van der Waals surface area contributed by atoms with Crippen molar-refractivity contribution in [1.82, 2.24) is 4.90 Å². The van der Waals surface area contributed by atoms with E-state index >= 15 is 0 Å². The van der Waals surface area contributed by atoms with Crippen LogP contribution in [-0.2, 0) is 0 Å².